The molecule has 0 saturated heterocycles. The van der Waals surface area contributed by atoms with Gasteiger partial charge in [0.2, 0.25) is 5.91 Å². The maximum atomic E-state index is 13.2. The number of hydrogen-bond acceptors (Lipinski definition) is 7. The number of halogens is 2. The summed E-state index contributed by atoms with van der Waals surface area (Å²) in [6.07, 6.45) is 1.52. The average molecular weight is 555 g/mol. The first-order chi connectivity index (χ1) is 17.2. The highest BCUT2D eigenvalue weighted by molar-refractivity contribution is 7.87. The number of methoxy groups -OCH3 is 1. The number of rotatable bonds is 12. The molecule has 0 aliphatic carbocycles. The Morgan fingerprint density at radius 2 is 1.75 bits per heavy atom. The van der Waals surface area contributed by atoms with Crippen LogP contribution < -0.4 is 9.08 Å². The average Bonchev–Trinajstić information content (AvgIpc) is 3.35. The van der Waals surface area contributed by atoms with Gasteiger partial charge in [0.25, 0.3) is 0 Å². The van der Waals surface area contributed by atoms with E-state index in [4.69, 9.17) is 36.5 Å². The van der Waals surface area contributed by atoms with Crippen molar-refractivity contribution in [2.24, 2.45) is 0 Å². The number of nitrogens with zero attached hydrogens (tertiary/aromatic N) is 2. The molecule has 0 radical (unpaired) electrons. The Morgan fingerprint density at radius 1 is 1.00 bits per heavy atom. The van der Waals surface area contributed by atoms with E-state index in [-0.39, 0.29) is 46.3 Å². The Labute approximate surface area is 221 Å². The first kappa shape index (κ1) is 27.9. The van der Waals surface area contributed by atoms with Crippen molar-refractivity contribution in [1.82, 2.24) is 4.90 Å². The minimum absolute atomic E-state index is 0.0631. The fraction of sp³-hybridized carbons (Fsp3) is 0.320. The normalized spacial score (nSPS) is 11.4. The third-order valence-electron chi connectivity index (χ3n) is 5.47. The molecule has 2 aromatic carbocycles. The Kier molecular flexibility index (Phi) is 9.67. The van der Waals surface area contributed by atoms with Crippen LogP contribution in [0.5, 0.6) is 5.75 Å². The van der Waals surface area contributed by atoms with Crippen molar-refractivity contribution in [3.63, 3.8) is 0 Å². The lowest BCUT2D eigenvalue weighted by Crippen LogP contribution is -2.33. The third kappa shape index (κ3) is 6.94. The lowest BCUT2D eigenvalue weighted by atomic mass is 10.1. The predicted octanol–water partition coefficient (Wildman–Crippen LogP) is 5.38. The van der Waals surface area contributed by atoms with E-state index in [1.54, 1.807) is 24.3 Å². The SMILES string of the molecule is CCN(CC)c1ccc(CN(Cc2ccco2)C(=O)COC)c(OS(=O)(=O)c2ccc(Cl)c(Cl)c2)c1. The molecule has 0 unspecified atom stereocenters. The predicted molar refractivity (Wildman–Crippen MR) is 139 cm³/mol. The molecule has 0 spiro atoms. The van der Waals surface area contributed by atoms with Crippen LogP contribution >= 0.6 is 23.2 Å². The number of anilines is 1. The lowest BCUT2D eigenvalue weighted by molar-refractivity contribution is -0.136. The molecule has 0 saturated carbocycles. The van der Waals surface area contributed by atoms with Crippen molar-refractivity contribution in [2.45, 2.75) is 31.8 Å². The maximum Gasteiger partial charge on any atom is 0.339 e. The molecule has 36 heavy (non-hydrogen) atoms. The van der Waals surface area contributed by atoms with E-state index in [2.05, 4.69) is 4.90 Å². The van der Waals surface area contributed by atoms with Crippen LogP contribution in [0.25, 0.3) is 0 Å². The third-order valence-corrected chi connectivity index (χ3v) is 7.44. The van der Waals surface area contributed by atoms with Gasteiger partial charge in [0.15, 0.2) is 0 Å². The van der Waals surface area contributed by atoms with Crippen molar-refractivity contribution in [3.05, 3.63) is 76.2 Å². The van der Waals surface area contributed by atoms with E-state index in [0.717, 1.165) is 5.69 Å². The van der Waals surface area contributed by atoms with Crippen LogP contribution in [-0.4, -0.2) is 46.0 Å². The zero-order chi connectivity index (χ0) is 26.3. The Morgan fingerprint density at radius 3 is 2.36 bits per heavy atom. The summed E-state index contributed by atoms with van der Waals surface area (Å²) >= 11 is 12.0. The number of carbonyl (C=O) groups is 1. The van der Waals surface area contributed by atoms with Crippen LogP contribution in [0.2, 0.25) is 10.0 Å². The minimum Gasteiger partial charge on any atom is -0.467 e. The molecule has 194 valence electrons. The highest BCUT2D eigenvalue weighted by Crippen LogP contribution is 2.32. The smallest absolute Gasteiger partial charge is 0.339 e. The van der Waals surface area contributed by atoms with Gasteiger partial charge in [-0.2, -0.15) is 8.42 Å². The van der Waals surface area contributed by atoms with Crippen molar-refractivity contribution < 1.29 is 26.5 Å². The van der Waals surface area contributed by atoms with Gasteiger partial charge in [0, 0.05) is 44.1 Å². The molecule has 0 bridgehead atoms. The summed E-state index contributed by atoms with van der Waals surface area (Å²) in [5.74, 6) is 0.380. The van der Waals surface area contributed by atoms with Crippen LogP contribution in [0.4, 0.5) is 5.69 Å². The molecule has 11 heteroatoms. The van der Waals surface area contributed by atoms with Crippen LogP contribution in [0, 0.1) is 0 Å². The molecule has 1 heterocycles. The maximum absolute atomic E-state index is 13.2. The summed E-state index contributed by atoms with van der Waals surface area (Å²) < 4.78 is 42.4. The zero-order valence-electron chi connectivity index (χ0n) is 20.2. The summed E-state index contributed by atoms with van der Waals surface area (Å²) in [6.45, 7) is 5.52. The van der Waals surface area contributed by atoms with Gasteiger partial charge in [0.1, 0.15) is 23.0 Å². The van der Waals surface area contributed by atoms with Gasteiger partial charge in [-0.15, -0.1) is 0 Å². The molecule has 0 fully saturated rings. The van der Waals surface area contributed by atoms with E-state index in [1.807, 2.05) is 19.9 Å². The lowest BCUT2D eigenvalue weighted by Gasteiger charge is -2.25. The summed E-state index contributed by atoms with van der Waals surface area (Å²) in [4.78, 5) is 16.2. The van der Waals surface area contributed by atoms with Crippen LogP contribution in [0.15, 0.2) is 64.1 Å². The standard InChI is InChI=1S/C25H28Cl2N2O6S/c1-4-28(5-2)19-9-8-18(15-29(25(30)17-33-3)16-20-7-6-12-34-20)24(13-19)35-36(31,32)21-10-11-22(26)23(27)14-21/h6-14H,4-5,15-17H2,1-3H3. The Hall–Kier alpha value is -2.72. The molecule has 8 nitrogen and oxygen atoms in total. The molecule has 1 aromatic heterocycles. The molecular formula is C25H28Cl2N2O6S. The van der Waals surface area contributed by atoms with E-state index in [1.165, 1.54) is 36.5 Å². The molecule has 0 aliphatic rings. The highest BCUT2D eigenvalue weighted by Gasteiger charge is 2.23. The number of ether oxygens (including phenoxy) is 1. The number of benzene rings is 2. The Balaban J connectivity index is 2.02. The molecule has 0 aliphatic heterocycles. The molecule has 3 aromatic rings. The van der Waals surface area contributed by atoms with E-state index >= 15 is 0 Å². The second kappa shape index (κ2) is 12.5. The van der Waals surface area contributed by atoms with Crippen molar-refractivity contribution in [3.8, 4) is 5.75 Å². The van der Waals surface area contributed by atoms with Crippen molar-refractivity contribution in [2.75, 3.05) is 31.7 Å². The van der Waals surface area contributed by atoms with Gasteiger partial charge >= 0.3 is 10.1 Å². The van der Waals surface area contributed by atoms with E-state index in [0.29, 0.717) is 24.4 Å². The summed E-state index contributed by atoms with van der Waals surface area (Å²) in [5.41, 5.74) is 1.27. The topological polar surface area (TPSA) is 89.3 Å². The van der Waals surface area contributed by atoms with Crippen molar-refractivity contribution >= 4 is 44.9 Å². The number of amides is 1. The van der Waals surface area contributed by atoms with Crippen molar-refractivity contribution in [1.29, 1.82) is 0 Å². The first-order valence-corrected chi connectivity index (χ1v) is 13.4. The largest absolute Gasteiger partial charge is 0.467 e. The molecule has 0 atom stereocenters. The second-order valence-corrected chi connectivity index (χ2v) is 10.2. The van der Waals surface area contributed by atoms with Gasteiger partial charge in [-0.3, -0.25) is 4.79 Å². The number of hydrogen-bond donors (Lipinski definition) is 0. The van der Waals surface area contributed by atoms with Gasteiger partial charge < -0.3 is 23.1 Å². The van der Waals surface area contributed by atoms with E-state index in [9.17, 15) is 13.2 Å². The summed E-state index contributed by atoms with van der Waals surface area (Å²) in [7, 11) is -2.82. The molecule has 0 N–H and O–H groups in total. The zero-order valence-corrected chi connectivity index (χ0v) is 22.6. The molecule has 1 amide bonds. The number of carbonyl (C=O) groups excluding carboxylic acids is 1. The summed E-state index contributed by atoms with van der Waals surface area (Å²) in [5, 5.41) is 0.318. The second-order valence-electron chi connectivity index (χ2n) is 7.84. The Bertz CT molecular complexity index is 1280. The van der Waals surface area contributed by atoms with Crippen LogP contribution in [-0.2, 0) is 32.7 Å². The van der Waals surface area contributed by atoms with Gasteiger partial charge in [-0.05, 0) is 50.2 Å². The molecular weight excluding hydrogens is 527 g/mol. The number of furan rings is 1. The quantitative estimate of drug-likeness (QED) is 0.278. The fourth-order valence-electron chi connectivity index (χ4n) is 3.58. The van der Waals surface area contributed by atoms with Crippen LogP contribution in [0.3, 0.4) is 0 Å². The summed E-state index contributed by atoms with van der Waals surface area (Å²) in [6, 6.07) is 12.7. The fourth-order valence-corrected chi connectivity index (χ4v) is 4.93. The van der Waals surface area contributed by atoms with E-state index < -0.39 is 10.1 Å². The minimum atomic E-state index is -4.26. The van der Waals surface area contributed by atoms with Gasteiger partial charge in [-0.1, -0.05) is 29.3 Å². The monoisotopic (exact) mass is 554 g/mol. The molecule has 3 rings (SSSR count). The van der Waals surface area contributed by atoms with Crippen LogP contribution in [0.1, 0.15) is 25.2 Å². The van der Waals surface area contributed by atoms with Gasteiger partial charge in [-0.25, -0.2) is 0 Å². The van der Waals surface area contributed by atoms with Gasteiger partial charge in [0.05, 0.1) is 22.9 Å². The highest BCUT2D eigenvalue weighted by atomic mass is 35.5. The first-order valence-electron chi connectivity index (χ1n) is 11.2.